The summed E-state index contributed by atoms with van der Waals surface area (Å²) in [6.07, 6.45) is 3.03. The number of amides is 2. The minimum absolute atomic E-state index is 0.282. The highest BCUT2D eigenvalue weighted by atomic mass is 16.5. The molecule has 1 aromatic heterocycles. The van der Waals surface area contributed by atoms with Gasteiger partial charge in [0.1, 0.15) is 17.9 Å². The predicted molar refractivity (Wildman–Crippen MR) is 88.9 cm³/mol. The van der Waals surface area contributed by atoms with Gasteiger partial charge < -0.3 is 20.1 Å². The molecule has 1 aromatic carbocycles. The molecule has 0 aliphatic heterocycles. The van der Waals surface area contributed by atoms with Gasteiger partial charge in [-0.25, -0.2) is 0 Å². The zero-order chi connectivity index (χ0) is 17.4. The van der Waals surface area contributed by atoms with E-state index in [2.05, 4.69) is 15.6 Å². The second-order valence-electron chi connectivity index (χ2n) is 4.93. The SMILES string of the molecule is COc1ccc(NC(=O)CC(=O)NCc2cccnc2)c(OC)c1. The molecule has 0 fully saturated rings. The highest BCUT2D eigenvalue weighted by molar-refractivity contribution is 6.04. The van der Waals surface area contributed by atoms with Gasteiger partial charge in [-0.15, -0.1) is 0 Å². The quantitative estimate of drug-likeness (QED) is 0.755. The van der Waals surface area contributed by atoms with E-state index in [1.54, 1.807) is 43.8 Å². The number of anilines is 1. The number of nitrogens with one attached hydrogen (secondary N) is 2. The van der Waals surface area contributed by atoms with Gasteiger partial charge in [0.05, 0.1) is 19.9 Å². The number of carbonyl (C=O) groups excluding carboxylic acids is 2. The summed E-state index contributed by atoms with van der Waals surface area (Å²) < 4.78 is 10.3. The highest BCUT2D eigenvalue weighted by Crippen LogP contribution is 2.29. The normalized spacial score (nSPS) is 9.92. The van der Waals surface area contributed by atoms with Crippen LogP contribution in [0.3, 0.4) is 0 Å². The summed E-state index contributed by atoms with van der Waals surface area (Å²) >= 11 is 0. The highest BCUT2D eigenvalue weighted by Gasteiger charge is 2.12. The van der Waals surface area contributed by atoms with Gasteiger partial charge in [-0.1, -0.05) is 6.07 Å². The third-order valence-corrected chi connectivity index (χ3v) is 3.22. The summed E-state index contributed by atoms with van der Waals surface area (Å²) in [5.74, 6) is 0.267. The number of carbonyl (C=O) groups is 2. The molecular formula is C17H19N3O4. The smallest absolute Gasteiger partial charge is 0.233 e. The molecule has 0 aliphatic rings. The fraction of sp³-hybridized carbons (Fsp3) is 0.235. The Bertz CT molecular complexity index is 704. The van der Waals surface area contributed by atoms with Crippen molar-refractivity contribution < 1.29 is 19.1 Å². The maximum Gasteiger partial charge on any atom is 0.233 e. The van der Waals surface area contributed by atoms with Gasteiger partial charge in [0.25, 0.3) is 0 Å². The molecular weight excluding hydrogens is 310 g/mol. The molecule has 0 aliphatic carbocycles. The van der Waals surface area contributed by atoms with E-state index in [9.17, 15) is 9.59 Å². The number of hydrogen-bond donors (Lipinski definition) is 2. The van der Waals surface area contributed by atoms with Crippen molar-refractivity contribution in [1.82, 2.24) is 10.3 Å². The average molecular weight is 329 g/mol. The first-order valence-corrected chi connectivity index (χ1v) is 7.30. The number of methoxy groups -OCH3 is 2. The van der Waals surface area contributed by atoms with Gasteiger partial charge in [-0.3, -0.25) is 14.6 Å². The van der Waals surface area contributed by atoms with Crippen molar-refractivity contribution in [2.45, 2.75) is 13.0 Å². The van der Waals surface area contributed by atoms with Crippen LogP contribution in [0.2, 0.25) is 0 Å². The van der Waals surface area contributed by atoms with E-state index >= 15 is 0 Å². The first kappa shape index (κ1) is 17.3. The van der Waals surface area contributed by atoms with E-state index < -0.39 is 5.91 Å². The molecule has 24 heavy (non-hydrogen) atoms. The number of benzene rings is 1. The molecule has 2 amide bonds. The van der Waals surface area contributed by atoms with Gasteiger partial charge in [-0.05, 0) is 23.8 Å². The molecule has 2 aromatic rings. The molecule has 0 bridgehead atoms. The lowest BCUT2D eigenvalue weighted by Crippen LogP contribution is -2.27. The Morgan fingerprint density at radius 3 is 2.62 bits per heavy atom. The third kappa shape index (κ3) is 4.98. The number of hydrogen-bond acceptors (Lipinski definition) is 5. The zero-order valence-corrected chi connectivity index (χ0v) is 13.5. The number of pyridine rings is 1. The van der Waals surface area contributed by atoms with Crippen LogP contribution in [-0.4, -0.2) is 31.0 Å². The maximum atomic E-state index is 12.0. The van der Waals surface area contributed by atoms with E-state index in [4.69, 9.17) is 9.47 Å². The van der Waals surface area contributed by atoms with Crippen LogP contribution >= 0.6 is 0 Å². The molecule has 0 radical (unpaired) electrons. The average Bonchev–Trinajstić information content (AvgIpc) is 2.61. The zero-order valence-electron chi connectivity index (χ0n) is 13.5. The molecule has 7 nitrogen and oxygen atoms in total. The standard InChI is InChI=1S/C17H19N3O4/c1-23-13-5-6-14(15(8-13)24-2)20-17(22)9-16(21)19-11-12-4-3-7-18-10-12/h3-8,10H,9,11H2,1-2H3,(H,19,21)(H,20,22). The van der Waals surface area contributed by atoms with Gasteiger partial charge in [-0.2, -0.15) is 0 Å². The predicted octanol–water partition coefficient (Wildman–Crippen LogP) is 1.74. The molecule has 7 heteroatoms. The van der Waals surface area contributed by atoms with Crippen LogP contribution in [0.5, 0.6) is 11.5 Å². The number of ether oxygens (including phenoxy) is 2. The number of nitrogens with zero attached hydrogens (tertiary/aromatic N) is 1. The lowest BCUT2D eigenvalue weighted by molar-refractivity contribution is -0.126. The van der Waals surface area contributed by atoms with Crippen molar-refractivity contribution in [2.24, 2.45) is 0 Å². The Hall–Kier alpha value is -3.09. The largest absolute Gasteiger partial charge is 0.497 e. The summed E-state index contributed by atoms with van der Waals surface area (Å²) in [5.41, 5.74) is 1.34. The van der Waals surface area contributed by atoms with Crippen molar-refractivity contribution >= 4 is 17.5 Å². The molecule has 0 spiro atoms. The van der Waals surface area contributed by atoms with Crippen LogP contribution in [-0.2, 0) is 16.1 Å². The van der Waals surface area contributed by atoms with E-state index in [0.29, 0.717) is 23.7 Å². The monoisotopic (exact) mass is 329 g/mol. The van der Waals surface area contributed by atoms with Gasteiger partial charge in [0.2, 0.25) is 11.8 Å². The molecule has 0 unspecified atom stereocenters. The second-order valence-corrected chi connectivity index (χ2v) is 4.93. The third-order valence-electron chi connectivity index (χ3n) is 3.22. The summed E-state index contributed by atoms with van der Waals surface area (Å²) in [7, 11) is 3.03. The topological polar surface area (TPSA) is 89.5 Å². The summed E-state index contributed by atoms with van der Waals surface area (Å²) in [5, 5.41) is 5.32. The first-order valence-electron chi connectivity index (χ1n) is 7.30. The van der Waals surface area contributed by atoms with Gasteiger partial charge in [0.15, 0.2) is 0 Å². The molecule has 2 rings (SSSR count). The van der Waals surface area contributed by atoms with Crippen molar-refractivity contribution in [3.8, 4) is 11.5 Å². The van der Waals surface area contributed by atoms with Crippen LogP contribution in [0.25, 0.3) is 0 Å². The van der Waals surface area contributed by atoms with Crippen molar-refractivity contribution in [1.29, 1.82) is 0 Å². The lowest BCUT2D eigenvalue weighted by Gasteiger charge is -2.11. The summed E-state index contributed by atoms with van der Waals surface area (Å²) in [4.78, 5) is 27.8. The molecule has 0 atom stereocenters. The van der Waals surface area contributed by atoms with Crippen LogP contribution in [0, 0.1) is 0 Å². The minimum Gasteiger partial charge on any atom is -0.497 e. The minimum atomic E-state index is -0.429. The Kier molecular flexibility index (Phi) is 6.13. The van der Waals surface area contributed by atoms with E-state index in [0.717, 1.165) is 5.56 Å². The fourth-order valence-electron chi connectivity index (χ4n) is 2.01. The molecule has 126 valence electrons. The Morgan fingerprint density at radius 1 is 1.12 bits per heavy atom. The lowest BCUT2D eigenvalue weighted by atomic mass is 10.2. The fourth-order valence-corrected chi connectivity index (χ4v) is 2.01. The van der Waals surface area contributed by atoms with Crippen molar-refractivity contribution in [3.05, 3.63) is 48.3 Å². The molecule has 1 heterocycles. The summed E-state index contributed by atoms with van der Waals surface area (Å²) in [6.45, 7) is 0.325. The Balaban J connectivity index is 1.87. The van der Waals surface area contributed by atoms with Crippen LogP contribution in [0.15, 0.2) is 42.7 Å². The Morgan fingerprint density at radius 2 is 1.96 bits per heavy atom. The van der Waals surface area contributed by atoms with E-state index in [-0.39, 0.29) is 12.3 Å². The number of aromatic nitrogens is 1. The van der Waals surface area contributed by atoms with E-state index in [1.165, 1.54) is 7.11 Å². The maximum absolute atomic E-state index is 12.0. The number of rotatable bonds is 7. The first-order chi connectivity index (χ1) is 11.6. The van der Waals surface area contributed by atoms with Crippen LogP contribution < -0.4 is 20.1 Å². The van der Waals surface area contributed by atoms with Crippen LogP contribution in [0.1, 0.15) is 12.0 Å². The van der Waals surface area contributed by atoms with Crippen molar-refractivity contribution in [3.63, 3.8) is 0 Å². The molecule has 2 N–H and O–H groups in total. The molecule has 0 saturated heterocycles. The summed E-state index contributed by atoms with van der Waals surface area (Å²) in [6, 6.07) is 8.63. The van der Waals surface area contributed by atoms with Gasteiger partial charge in [0, 0.05) is 25.0 Å². The van der Waals surface area contributed by atoms with Crippen LogP contribution in [0.4, 0.5) is 5.69 Å². The Labute approximate surface area is 140 Å². The van der Waals surface area contributed by atoms with Gasteiger partial charge >= 0.3 is 0 Å². The molecule has 0 saturated carbocycles. The van der Waals surface area contributed by atoms with E-state index in [1.807, 2.05) is 6.07 Å². The second kappa shape index (κ2) is 8.52. The van der Waals surface area contributed by atoms with Crippen molar-refractivity contribution in [2.75, 3.05) is 19.5 Å².